The summed E-state index contributed by atoms with van der Waals surface area (Å²) in [4.78, 5) is 30.4. The van der Waals surface area contributed by atoms with Gasteiger partial charge in [-0.1, -0.05) is 11.6 Å². The summed E-state index contributed by atoms with van der Waals surface area (Å²) in [6.07, 6.45) is 1.65. The molecule has 1 fully saturated rings. The molecule has 6 nitrogen and oxygen atoms in total. The van der Waals surface area contributed by atoms with Gasteiger partial charge in [0.2, 0.25) is 0 Å². The molecule has 2 heterocycles. The first-order chi connectivity index (χ1) is 9.56. The predicted octanol–water partition coefficient (Wildman–Crippen LogP) is 0.967. The number of nitrogens with zero attached hydrogens (tertiary/aromatic N) is 3. The van der Waals surface area contributed by atoms with Crippen molar-refractivity contribution in [1.82, 2.24) is 14.8 Å². The maximum absolute atomic E-state index is 12.3. The summed E-state index contributed by atoms with van der Waals surface area (Å²) in [7, 11) is 0. The first kappa shape index (κ1) is 14.7. The van der Waals surface area contributed by atoms with Crippen LogP contribution in [0.1, 0.15) is 16.8 Å². The normalized spacial score (nSPS) is 16.1. The molecule has 2 rings (SSSR count). The number of aromatic nitrogens is 1. The second-order valence-corrected chi connectivity index (χ2v) is 5.03. The van der Waals surface area contributed by atoms with E-state index in [-0.39, 0.29) is 12.3 Å². The van der Waals surface area contributed by atoms with Gasteiger partial charge in [0.25, 0.3) is 5.91 Å². The molecule has 1 aromatic rings. The summed E-state index contributed by atoms with van der Waals surface area (Å²) in [6, 6.07) is 3.20. The molecule has 0 spiro atoms. The Morgan fingerprint density at radius 2 is 2.00 bits per heavy atom. The largest absolute Gasteiger partial charge is 0.481 e. The van der Waals surface area contributed by atoms with Crippen LogP contribution in [0.5, 0.6) is 0 Å². The van der Waals surface area contributed by atoms with Gasteiger partial charge in [-0.15, -0.1) is 0 Å². The van der Waals surface area contributed by atoms with Gasteiger partial charge in [-0.3, -0.25) is 14.5 Å². The fraction of sp³-hybridized carbons (Fsp3) is 0.462. The highest BCUT2D eigenvalue weighted by Gasteiger charge is 2.22. The fourth-order valence-corrected chi connectivity index (χ4v) is 2.32. The minimum absolute atomic E-state index is 0.0628. The zero-order chi connectivity index (χ0) is 14.5. The van der Waals surface area contributed by atoms with Gasteiger partial charge in [0.05, 0.1) is 6.42 Å². The lowest BCUT2D eigenvalue weighted by atomic mass is 10.2. The van der Waals surface area contributed by atoms with Crippen molar-refractivity contribution in [2.24, 2.45) is 0 Å². The van der Waals surface area contributed by atoms with Gasteiger partial charge in [-0.25, -0.2) is 4.98 Å². The molecule has 1 saturated heterocycles. The number of carboxylic acid groups (broad SMARTS) is 1. The van der Waals surface area contributed by atoms with Crippen LogP contribution in [0.3, 0.4) is 0 Å². The molecule has 7 heteroatoms. The number of hydrogen-bond acceptors (Lipinski definition) is 4. The number of rotatable bonds is 4. The molecule has 1 aliphatic heterocycles. The van der Waals surface area contributed by atoms with Crippen molar-refractivity contribution in [3.63, 3.8) is 0 Å². The molecule has 0 aliphatic carbocycles. The number of amides is 1. The van der Waals surface area contributed by atoms with Crippen molar-refractivity contribution in [1.29, 1.82) is 0 Å². The van der Waals surface area contributed by atoms with Crippen molar-refractivity contribution in [2.75, 3.05) is 32.7 Å². The third-order valence-electron chi connectivity index (χ3n) is 3.27. The summed E-state index contributed by atoms with van der Waals surface area (Å²) < 4.78 is 0. The van der Waals surface area contributed by atoms with Crippen LogP contribution in [0.25, 0.3) is 0 Å². The van der Waals surface area contributed by atoms with Crippen molar-refractivity contribution in [2.45, 2.75) is 6.42 Å². The highest BCUT2D eigenvalue weighted by Crippen LogP contribution is 2.12. The number of aliphatic carboxylic acids is 1. The topological polar surface area (TPSA) is 73.7 Å². The Morgan fingerprint density at radius 1 is 1.30 bits per heavy atom. The van der Waals surface area contributed by atoms with Gasteiger partial charge in [0.1, 0.15) is 5.15 Å². The van der Waals surface area contributed by atoms with E-state index < -0.39 is 5.97 Å². The van der Waals surface area contributed by atoms with E-state index in [0.717, 1.165) is 0 Å². The van der Waals surface area contributed by atoms with Crippen LogP contribution in [0.15, 0.2) is 18.3 Å². The lowest BCUT2D eigenvalue weighted by Gasteiger charge is -2.34. The zero-order valence-electron chi connectivity index (χ0n) is 11.0. The van der Waals surface area contributed by atoms with Crippen LogP contribution in [0, 0.1) is 0 Å². The summed E-state index contributed by atoms with van der Waals surface area (Å²) in [5.74, 6) is -0.859. The molecule has 1 N–H and O–H groups in total. The molecule has 0 unspecified atom stereocenters. The molecule has 20 heavy (non-hydrogen) atoms. The summed E-state index contributed by atoms with van der Waals surface area (Å²) in [6.45, 7) is 3.10. The third kappa shape index (κ3) is 3.91. The molecule has 0 radical (unpaired) electrons. The minimum atomic E-state index is -0.796. The van der Waals surface area contributed by atoms with E-state index in [1.165, 1.54) is 6.20 Å². The van der Waals surface area contributed by atoms with Gasteiger partial charge < -0.3 is 10.0 Å². The Morgan fingerprint density at radius 3 is 2.60 bits per heavy atom. The Labute approximate surface area is 122 Å². The van der Waals surface area contributed by atoms with E-state index in [1.54, 1.807) is 17.0 Å². The fourth-order valence-electron chi connectivity index (χ4n) is 2.15. The number of carbonyl (C=O) groups is 2. The standard InChI is InChI=1S/C13H16ClN3O3/c14-11-9-10(1-3-15-11)13(20)17-7-5-16(6-8-17)4-2-12(18)19/h1,3,9H,2,4-8H2,(H,18,19). The highest BCUT2D eigenvalue weighted by atomic mass is 35.5. The molecule has 0 bridgehead atoms. The van der Waals surface area contributed by atoms with Gasteiger partial charge in [-0.2, -0.15) is 0 Å². The van der Waals surface area contributed by atoms with Gasteiger partial charge in [0, 0.05) is 44.5 Å². The summed E-state index contributed by atoms with van der Waals surface area (Å²) in [5, 5.41) is 8.95. The summed E-state index contributed by atoms with van der Waals surface area (Å²) in [5.41, 5.74) is 0.531. The third-order valence-corrected chi connectivity index (χ3v) is 3.48. The second kappa shape index (κ2) is 6.67. The number of carbonyl (C=O) groups excluding carboxylic acids is 1. The van der Waals surface area contributed by atoms with E-state index in [1.807, 2.05) is 0 Å². The SMILES string of the molecule is O=C(O)CCN1CCN(C(=O)c2ccnc(Cl)c2)CC1. The number of carboxylic acids is 1. The number of pyridine rings is 1. The van der Waals surface area contributed by atoms with E-state index in [0.29, 0.717) is 43.4 Å². The molecule has 1 aromatic heterocycles. The number of halogens is 1. The lowest BCUT2D eigenvalue weighted by Crippen LogP contribution is -2.49. The first-order valence-corrected chi connectivity index (χ1v) is 6.79. The zero-order valence-corrected chi connectivity index (χ0v) is 11.7. The monoisotopic (exact) mass is 297 g/mol. The van der Waals surface area contributed by atoms with Crippen LogP contribution in [0.4, 0.5) is 0 Å². The second-order valence-electron chi connectivity index (χ2n) is 4.64. The van der Waals surface area contributed by atoms with Crippen LogP contribution < -0.4 is 0 Å². The number of hydrogen-bond donors (Lipinski definition) is 1. The Kier molecular flexibility index (Phi) is 4.92. The van der Waals surface area contributed by atoms with Crippen LogP contribution >= 0.6 is 11.6 Å². The minimum Gasteiger partial charge on any atom is -0.481 e. The van der Waals surface area contributed by atoms with Crippen LogP contribution in [0.2, 0.25) is 5.15 Å². The maximum atomic E-state index is 12.3. The van der Waals surface area contributed by atoms with Crippen molar-refractivity contribution >= 4 is 23.5 Å². The number of piperazine rings is 1. The predicted molar refractivity (Wildman–Crippen MR) is 73.8 cm³/mol. The van der Waals surface area contributed by atoms with Crippen molar-refractivity contribution < 1.29 is 14.7 Å². The van der Waals surface area contributed by atoms with Crippen LogP contribution in [-0.2, 0) is 4.79 Å². The van der Waals surface area contributed by atoms with E-state index in [9.17, 15) is 9.59 Å². The average molecular weight is 298 g/mol. The van der Waals surface area contributed by atoms with E-state index in [4.69, 9.17) is 16.7 Å². The molecule has 108 valence electrons. The van der Waals surface area contributed by atoms with Gasteiger partial charge >= 0.3 is 5.97 Å². The Hall–Kier alpha value is -1.66. The average Bonchev–Trinajstić information content (AvgIpc) is 2.45. The molecule has 0 atom stereocenters. The first-order valence-electron chi connectivity index (χ1n) is 6.41. The molecular formula is C13H16ClN3O3. The van der Waals surface area contributed by atoms with Crippen molar-refractivity contribution in [3.05, 3.63) is 29.0 Å². The van der Waals surface area contributed by atoms with Gasteiger partial charge in [-0.05, 0) is 12.1 Å². The summed E-state index contributed by atoms with van der Waals surface area (Å²) >= 11 is 5.78. The van der Waals surface area contributed by atoms with Crippen LogP contribution in [-0.4, -0.2) is 64.5 Å². The Bertz CT molecular complexity index is 501. The molecule has 0 saturated carbocycles. The lowest BCUT2D eigenvalue weighted by molar-refractivity contribution is -0.137. The quantitative estimate of drug-likeness (QED) is 0.838. The molecular weight excluding hydrogens is 282 g/mol. The molecule has 0 aromatic carbocycles. The van der Waals surface area contributed by atoms with E-state index in [2.05, 4.69) is 9.88 Å². The van der Waals surface area contributed by atoms with Crippen molar-refractivity contribution in [3.8, 4) is 0 Å². The van der Waals surface area contributed by atoms with Gasteiger partial charge in [0.15, 0.2) is 0 Å². The smallest absolute Gasteiger partial charge is 0.304 e. The Balaban J connectivity index is 1.87. The molecule has 1 amide bonds. The molecule has 1 aliphatic rings. The van der Waals surface area contributed by atoms with E-state index >= 15 is 0 Å². The maximum Gasteiger partial charge on any atom is 0.304 e. The highest BCUT2D eigenvalue weighted by molar-refractivity contribution is 6.29.